The molecule has 1 aromatic heterocycles. The van der Waals surface area contributed by atoms with Crippen LogP contribution < -0.4 is 5.32 Å². The summed E-state index contributed by atoms with van der Waals surface area (Å²) in [4.78, 5) is 25.9. The van der Waals surface area contributed by atoms with Gasteiger partial charge in [-0.1, -0.05) is 48.3 Å². The Morgan fingerprint density at radius 3 is 2.61 bits per heavy atom. The number of ether oxygens (including phenoxy) is 1. The average molecular weight is 457 g/mol. The highest BCUT2D eigenvalue weighted by atomic mass is 16.6. The molecule has 1 amide bonds. The zero-order valence-corrected chi connectivity index (χ0v) is 19.5. The van der Waals surface area contributed by atoms with Crippen LogP contribution in [0.15, 0.2) is 40.9 Å². The molecule has 0 radical (unpaired) electrons. The van der Waals surface area contributed by atoms with Crippen molar-refractivity contribution in [2.45, 2.75) is 57.1 Å². The molecule has 0 spiro atoms. The van der Waals surface area contributed by atoms with Crippen molar-refractivity contribution in [1.29, 1.82) is 0 Å². The normalized spacial score (nSPS) is 25.0. The van der Waals surface area contributed by atoms with Gasteiger partial charge >= 0.3 is 5.97 Å². The van der Waals surface area contributed by atoms with Crippen LogP contribution in [-0.2, 0) is 19.9 Å². The molecule has 2 aliphatic rings. The maximum atomic E-state index is 13.3. The molecule has 1 aromatic carbocycles. The SMILES string of the molecule is Cc1cc(NC(=O)C[N+]2(C)CCC[C@@H]2COC(=O)C(O)(c2ccccc2)C2CCCC2)no1. The third kappa shape index (κ3) is 4.96. The number of carbonyl (C=O) groups is 2. The minimum absolute atomic E-state index is 0.0117. The Balaban J connectivity index is 1.42. The first-order chi connectivity index (χ1) is 15.8. The molecule has 4 rings (SSSR count). The highest BCUT2D eigenvalue weighted by Gasteiger charge is 2.49. The van der Waals surface area contributed by atoms with Gasteiger partial charge in [-0.3, -0.25) is 4.79 Å². The Morgan fingerprint density at radius 2 is 1.94 bits per heavy atom. The van der Waals surface area contributed by atoms with Gasteiger partial charge in [-0.15, -0.1) is 0 Å². The predicted molar refractivity (Wildman–Crippen MR) is 122 cm³/mol. The van der Waals surface area contributed by atoms with Gasteiger partial charge < -0.3 is 24.2 Å². The molecule has 1 saturated carbocycles. The van der Waals surface area contributed by atoms with E-state index in [1.54, 1.807) is 25.1 Å². The number of anilines is 1. The van der Waals surface area contributed by atoms with E-state index >= 15 is 0 Å². The molecule has 33 heavy (non-hydrogen) atoms. The van der Waals surface area contributed by atoms with Crippen LogP contribution in [0, 0.1) is 12.8 Å². The molecule has 8 heteroatoms. The largest absolute Gasteiger partial charge is 0.457 e. The van der Waals surface area contributed by atoms with Gasteiger partial charge in [-0.2, -0.15) is 0 Å². The summed E-state index contributed by atoms with van der Waals surface area (Å²) in [6.07, 6.45) is 5.42. The highest BCUT2D eigenvalue weighted by molar-refractivity contribution is 5.90. The number of nitrogens with one attached hydrogen (secondary N) is 1. The van der Waals surface area contributed by atoms with E-state index in [9.17, 15) is 14.7 Å². The number of benzene rings is 1. The van der Waals surface area contributed by atoms with Crippen LogP contribution in [0.5, 0.6) is 0 Å². The summed E-state index contributed by atoms with van der Waals surface area (Å²) in [6.45, 7) is 3.01. The van der Waals surface area contributed by atoms with E-state index in [1.165, 1.54) is 0 Å². The molecular weight excluding hydrogens is 422 g/mol. The molecule has 178 valence electrons. The van der Waals surface area contributed by atoms with Gasteiger partial charge in [0.05, 0.1) is 13.6 Å². The summed E-state index contributed by atoms with van der Waals surface area (Å²) in [5.41, 5.74) is -1.05. The number of likely N-dealkylation sites (N-methyl/N-ethyl adjacent to an activating group) is 1. The van der Waals surface area contributed by atoms with E-state index in [0.717, 1.165) is 45.1 Å². The van der Waals surface area contributed by atoms with Gasteiger partial charge in [0.25, 0.3) is 5.91 Å². The number of aromatic nitrogens is 1. The van der Waals surface area contributed by atoms with Crippen LogP contribution in [0.2, 0.25) is 0 Å². The van der Waals surface area contributed by atoms with E-state index in [1.807, 2.05) is 25.2 Å². The van der Waals surface area contributed by atoms with E-state index < -0.39 is 11.6 Å². The zero-order valence-electron chi connectivity index (χ0n) is 19.5. The first kappa shape index (κ1) is 23.4. The second-order valence-corrected chi connectivity index (χ2v) is 9.74. The van der Waals surface area contributed by atoms with E-state index in [4.69, 9.17) is 9.26 Å². The lowest BCUT2D eigenvalue weighted by molar-refractivity contribution is -0.913. The van der Waals surface area contributed by atoms with Gasteiger partial charge in [0.2, 0.25) is 0 Å². The van der Waals surface area contributed by atoms with Crippen LogP contribution >= 0.6 is 0 Å². The Labute approximate surface area is 194 Å². The average Bonchev–Trinajstić information content (AvgIpc) is 3.54. The number of hydrogen-bond acceptors (Lipinski definition) is 6. The van der Waals surface area contributed by atoms with Gasteiger partial charge in [-0.05, 0) is 25.3 Å². The molecule has 2 heterocycles. The second-order valence-electron chi connectivity index (χ2n) is 9.74. The number of aryl methyl sites for hydroxylation is 1. The van der Waals surface area contributed by atoms with E-state index in [-0.39, 0.29) is 31.0 Å². The summed E-state index contributed by atoms with van der Waals surface area (Å²) in [7, 11) is 2.01. The van der Waals surface area contributed by atoms with Crippen LogP contribution in [0.4, 0.5) is 5.82 Å². The number of rotatable bonds is 8. The van der Waals surface area contributed by atoms with Gasteiger partial charge in [0, 0.05) is 24.8 Å². The quantitative estimate of drug-likeness (QED) is 0.467. The Hall–Kier alpha value is -2.71. The fraction of sp³-hybridized carbons (Fsp3) is 0.560. The van der Waals surface area contributed by atoms with E-state index in [0.29, 0.717) is 21.6 Å². The first-order valence-corrected chi connectivity index (χ1v) is 11.8. The zero-order chi connectivity index (χ0) is 23.5. The monoisotopic (exact) mass is 456 g/mol. The molecule has 1 aliphatic carbocycles. The number of quaternary nitrogens is 1. The van der Waals surface area contributed by atoms with Gasteiger partial charge in [-0.25, -0.2) is 4.79 Å². The molecular formula is C25H34N3O5+. The summed E-state index contributed by atoms with van der Waals surface area (Å²) >= 11 is 0. The molecule has 1 aliphatic heterocycles. The van der Waals surface area contributed by atoms with Crippen molar-refractivity contribution in [3.8, 4) is 0 Å². The van der Waals surface area contributed by atoms with E-state index in [2.05, 4.69) is 10.5 Å². The van der Waals surface area contributed by atoms with Crippen molar-refractivity contribution in [2.75, 3.05) is 32.1 Å². The molecule has 8 nitrogen and oxygen atoms in total. The Bertz CT molecular complexity index is 971. The molecule has 2 fully saturated rings. The number of likely N-dealkylation sites (tertiary alicyclic amines) is 1. The van der Waals surface area contributed by atoms with Crippen LogP contribution in [0.1, 0.15) is 49.8 Å². The first-order valence-electron chi connectivity index (χ1n) is 11.8. The number of nitrogens with zero attached hydrogens (tertiary/aromatic N) is 2. The fourth-order valence-electron chi connectivity index (χ4n) is 5.43. The highest BCUT2D eigenvalue weighted by Crippen LogP contribution is 2.41. The number of aliphatic hydroxyl groups is 1. The standard InChI is InChI=1S/C25H33N3O5/c1-18-15-22(27-33-18)26-23(29)16-28(2)14-8-13-21(28)17-32-24(30)25(31,20-11-6-7-12-20)19-9-4-3-5-10-19/h3-5,9-10,15,20-21,31H,6-8,11-14,16-17H2,1-2H3/p+1/t21-,25?,28?/m1/s1. The van der Waals surface area contributed by atoms with Crippen LogP contribution in [0.25, 0.3) is 0 Å². The van der Waals surface area contributed by atoms with Crippen molar-refractivity contribution >= 4 is 17.7 Å². The maximum Gasteiger partial charge on any atom is 0.343 e. The van der Waals surface area contributed by atoms with Crippen molar-refractivity contribution in [3.05, 3.63) is 47.7 Å². The molecule has 0 bridgehead atoms. The summed E-state index contributed by atoms with van der Waals surface area (Å²) in [5.74, 6) is 0.145. The lowest BCUT2D eigenvalue weighted by atomic mass is 9.80. The van der Waals surface area contributed by atoms with Crippen molar-refractivity contribution in [2.24, 2.45) is 5.92 Å². The minimum Gasteiger partial charge on any atom is -0.457 e. The maximum absolute atomic E-state index is 13.3. The number of hydrogen-bond donors (Lipinski definition) is 2. The van der Waals surface area contributed by atoms with Gasteiger partial charge in [0.1, 0.15) is 18.4 Å². The molecule has 2 unspecified atom stereocenters. The topological polar surface area (TPSA) is 102 Å². The predicted octanol–water partition coefficient (Wildman–Crippen LogP) is 3.15. The number of esters is 1. The molecule has 2 aromatic rings. The lowest BCUT2D eigenvalue weighted by Gasteiger charge is -2.36. The van der Waals surface area contributed by atoms with Crippen molar-refractivity contribution < 1.29 is 28.4 Å². The van der Waals surface area contributed by atoms with Crippen LogP contribution in [0.3, 0.4) is 0 Å². The lowest BCUT2D eigenvalue weighted by Crippen LogP contribution is -2.54. The van der Waals surface area contributed by atoms with Crippen LogP contribution in [-0.4, -0.2) is 59.4 Å². The smallest absolute Gasteiger partial charge is 0.343 e. The molecule has 2 N–H and O–H groups in total. The molecule has 1 saturated heterocycles. The summed E-state index contributed by atoms with van der Waals surface area (Å²) in [6, 6.07) is 10.8. The van der Waals surface area contributed by atoms with Crippen molar-refractivity contribution in [1.82, 2.24) is 5.16 Å². The van der Waals surface area contributed by atoms with Crippen molar-refractivity contribution in [3.63, 3.8) is 0 Å². The second kappa shape index (κ2) is 9.65. The number of carbonyl (C=O) groups excluding carboxylic acids is 2. The Morgan fingerprint density at radius 1 is 1.21 bits per heavy atom. The number of amides is 1. The molecule has 3 atom stereocenters. The third-order valence-electron chi connectivity index (χ3n) is 7.37. The Kier molecular flexibility index (Phi) is 6.86. The fourth-order valence-corrected chi connectivity index (χ4v) is 5.43. The summed E-state index contributed by atoms with van der Waals surface area (Å²) in [5, 5.41) is 18.2. The minimum atomic E-state index is -1.64. The third-order valence-corrected chi connectivity index (χ3v) is 7.37. The van der Waals surface area contributed by atoms with Gasteiger partial charge in [0.15, 0.2) is 18.0 Å². The summed E-state index contributed by atoms with van der Waals surface area (Å²) < 4.78 is 11.3.